The molecule has 3 nitrogen and oxygen atoms in total. The summed E-state index contributed by atoms with van der Waals surface area (Å²) in [6.07, 6.45) is 3.70. The molecule has 2 heterocycles. The van der Waals surface area contributed by atoms with Crippen molar-refractivity contribution in [3.05, 3.63) is 53.1 Å². The van der Waals surface area contributed by atoms with Crippen LogP contribution in [0, 0.1) is 0 Å². The second kappa shape index (κ2) is 2.73. The van der Waals surface area contributed by atoms with Crippen molar-refractivity contribution >= 4 is 16.4 Å². The highest BCUT2D eigenvalue weighted by Crippen LogP contribution is 2.16. The number of benzene rings is 1. The molecule has 0 unspecified atom stereocenters. The fourth-order valence-corrected chi connectivity index (χ4v) is 1.92. The molecular formula is C12H10N2O. The molecule has 0 saturated carbocycles. The van der Waals surface area contributed by atoms with Crippen molar-refractivity contribution in [2.75, 3.05) is 0 Å². The molecule has 0 aliphatic carbocycles. The Balaban J connectivity index is 2.66. The van der Waals surface area contributed by atoms with Crippen molar-refractivity contribution in [3.8, 4) is 0 Å². The van der Waals surface area contributed by atoms with Crippen LogP contribution in [-0.4, -0.2) is 8.97 Å². The zero-order chi connectivity index (χ0) is 10.4. The van der Waals surface area contributed by atoms with Crippen molar-refractivity contribution in [1.82, 2.24) is 8.97 Å². The Hall–Kier alpha value is -2.03. The predicted octanol–water partition coefficient (Wildman–Crippen LogP) is 1.79. The second-order valence-electron chi connectivity index (χ2n) is 3.67. The van der Waals surface area contributed by atoms with E-state index in [1.54, 1.807) is 17.8 Å². The molecule has 2 aromatic heterocycles. The minimum Gasteiger partial charge on any atom is -0.315 e. The third-order valence-corrected chi connectivity index (χ3v) is 2.73. The van der Waals surface area contributed by atoms with Crippen LogP contribution in [0.5, 0.6) is 0 Å². The summed E-state index contributed by atoms with van der Waals surface area (Å²) in [6, 6.07) is 9.92. The topological polar surface area (TPSA) is 26.4 Å². The molecule has 3 heteroatoms. The lowest BCUT2D eigenvalue weighted by atomic mass is 10.2. The molecule has 0 bridgehead atoms. The summed E-state index contributed by atoms with van der Waals surface area (Å²) in [5, 5.41) is 1.10. The van der Waals surface area contributed by atoms with E-state index in [0.717, 1.165) is 16.4 Å². The van der Waals surface area contributed by atoms with E-state index in [1.165, 1.54) is 0 Å². The highest BCUT2D eigenvalue weighted by molar-refractivity contribution is 5.86. The minimum absolute atomic E-state index is 0.0358. The molecule has 3 aromatic rings. The molecule has 3 rings (SSSR count). The van der Waals surface area contributed by atoms with Crippen LogP contribution >= 0.6 is 0 Å². The smallest absolute Gasteiger partial charge is 0.274 e. The number of hydrogen-bond acceptors (Lipinski definition) is 1. The molecule has 0 aliphatic heterocycles. The van der Waals surface area contributed by atoms with Crippen molar-refractivity contribution in [2.24, 2.45) is 7.05 Å². The van der Waals surface area contributed by atoms with E-state index in [2.05, 4.69) is 0 Å². The van der Waals surface area contributed by atoms with Crippen LogP contribution in [0.25, 0.3) is 16.4 Å². The summed E-state index contributed by atoms with van der Waals surface area (Å²) in [6.45, 7) is 0. The first-order valence-corrected chi connectivity index (χ1v) is 4.83. The van der Waals surface area contributed by atoms with Gasteiger partial charge in [-0.3, -0.25) is 4.79 Å². The van der Waals surface area contributed by atoms with Crippen molar-refractivity contribution in [2.45, 2.75) is 0 Å². The Morgan fingerprint density at radius 2 is 1.87 bits per heavy atom. The van der Waals surface area contributed by atoms with E-state index in [1.807, 2.05) is 40.9 Å². The number of rotatable bonds is 0. The zero-order valence-corrected chi connectivity index (χ0v) is 8.34. The van der Waals surface area contributed by atoms with Crippen LogP contribution in [0.3, 0.4) is 0 Å². The van der Waals surface area contributed by atoms with E-state index in [9.17, 15) is 4.79 Å². The van der Waals surface area contributed by atoms with Gasteiger partial charge in [0.15, 0.2) is 0 Å². The van der Waals surface area contributed by atoms with Gasteiger partial charge >= 0.3 is 0 Å². The molecule has 0 radical (unpaired) electrons. The average molecular weight is 198 g/mol. The molecular weight excluding hydrogens is 188 g/mol. The van der Waals surface area contributed by atoms with E-state index >= 15 is 0 Å². The van der Waals surface area contributed by atoms with Crippen molar-refractivity contribution in [3.63, 3.8) is 0 Å². The lowest BCUT2D eigenvalue weighted by molar-refractivity contribution is 0.850. The fourth-order valence-electron chi connectivity index (χ4n) is 1.92. The van der Waals surface area contributed by atoms with Crippen LogP contribution in [-0.2, 0) is 7.05 Å². The molecule has 0 fully saturated rings. The number of fused-ring (bicyclic) bond motifs is 3. The molecule has 74 valence electrons. The number of nitrogens with zero attached hydrogens (tertiary/aromatic N) is 2. The van der Waals surface area contributed by atoms with Gasteiger partial charge < -0.3 is 8.97 Å². The van der Waals surface area contributed by atoms with Crippen LogP contribution < -0.4 is 5.56 Å². The zero-order valence-electron chi connectivity index (χ0n) is 8.34. The van der Waals surface area contributed by atoms with Crippen LogP contribution in [0.2, 0.25) is 0 Å². The molecule has 0 N–H and O–H groups in total. The maximum absolute atomic E-state index is 11.8. The number of aryl methyl sites for hydroxylation is 1. The third kappa shape index (κ3) is 1.03. The van der Waals surface area contributed by atoms with Crippen molar-refractivity contribution in [1.29, 1.82) is 0 Å². The lowest BCUT2D eigenvalue weighted by Gasteiger charge is -1.99. The number of aromatic nitrogens is 2. The van der Waals surface area contributed by atoms with E-state index in [-0.39, 0.29) is 5.56 Å². The Bertz CT molecular complexity index is 706. The first-order chi connectivity index (χ1) is 7.27. The predicted molar refractivity (Wildman–Crippen MR) is 60.1 cm³/mol. The Labute approximate surface area is 86.2 Å². The van der Waals surface area contributed by atoms with Gasteiger partial charge in [-0.15, -0.1) is 0 Å². The van der Waals surface area contributed by atoms with Crippen LogP contribution in [0.1, 0.15) is 0 Å². The monoisotopic (exact) mass is 198 g/mol. The summed E-state index contributed by atoms with van der Waals surface area (Å²) in [5.74, 6) is 0. The van der Waals surface area contributed by atoms with Gasteiger partial charge in [0.1, 0.15) is 5.52 Å². The summed E-state index contributed by atoms with van der Waals surface area (Å²) < 4.78 is 3.52. The summed E-state index contributed by atoms with van der Waals surface area (Å²) in [7, 11) is 1.76. The van der Waals surface area contributed by atoms with Gasteiger partial charge in [-0.05, 0) is 12.1 Å². The van der Waals surface area contributed by atoms with Crippen LogP contribution in [0.15, 0.2) is 47.5 Å². The molecule has 0 aliphatic rings. The Kier molecular flexibility index (Phi) is 1.51. The average Bonchev–Trinajstić information content (AvgIpc) is 2.63. The van der Waals surface area contributed by atoms with Gasteiger partial charge in [0.2, 0.25) is 0 Å². The maximum Gasteiger partial charge on any atom is 0.274 e. The van der Waals surface area contributed by atoms with Gasteiger partial charge in [0.05, 0.1) is 5.52 Å². The van der Waals surface area contributed by atoms with Gasteiger partial charge in [-0.25, -0.2) is 0 Å². The van der Waals surface area contributed by atoms with Gasteiger partial charge in [0, 0.05) is 24.8 Å². The Morgan fingerprint density at radius 1 is 1.07 bits per heavy atom. The van der Waals surface area contributed by atoms with E-state index in [4.69, 9.17) is 0 Å². The highest BCUT2D eigenvalue weighted by atomic mass is 16.1. The van der Waals surface area contributed by atoms with Gasteiger partial charge in [0.25, 0.3) is 5.56 Å². The molecule has 0 saturated heterocycles. The number of para-hydroxylation sites is 1. The maximum atomic E-state index is 11.8. The minimum atomic E-state index is 0.0358. The standard InChI is InChI=1S/C12H10N2O/c1-13-6-7-14-10-5-3-2-4-9(10)8-11(14)12(13)15/h2-8H,1H3. The fraction of sp³-hybridized carbons (Fsp3) is 0.0833. The first-order valence-electron chi connectivity index (χ1n) is 4.83. The molecule has 1 aromatic carbocycles. The largest absolute Gasteiger partial charge is 0.315 e. The third-order valence-electron chi connectivity index (χ3n) is 2.73. The normalized spacial score (nSPS) is 11.3. The first kappa shape index (κ1) is 8.29. The van der Waals surface area contributed by atoms with Gasteiger partial charge in [-0.1, -0.05) is 18.2 Å². The molecule has 15 heavy (non-hydrogen) atoms. The van der Waals surface area contributed by atoms with E-state index in [0.29, 0.717) is 0 Å². The van der Waals surface area contributed by atoms with E-state index < -0.39 is 0 Å². The summed E-state index contributed by atoms with van der Waals surface area (Å²) in [4.78, 5) is 11.8. The number of hydrogen-bond donors (Lipinski definition) is 0. The molecule has 0 atom stereocenters. The lowest BCUT2D eigenvalue weighted by Crippen LogP contribution is -2.17. The SMILES string of the molecule is Cn1ccn2c(cc3ccccc32)c1=O. The second-order valence-corrected chi connectivity index (χ2v) is 3.67. The van der Waals surface area contributed by atoms with Crippen LogP contribution in [0.4, 0.5) is 0 Å². The van der Waals surface area contributed by atoms with Gasteiger partial charge in [-0.2, -0.15) is 0 Å². The highest BCUT2D eigenvalue weighted by Gasteiger charge is 2.04. The quantitative estimate of drug-likeness (QED) is 0.541. The van der Waals surface area contributed by atoms with Crippen molar-refractivity contribution < 1.29 is 0 Å². The molecule has 0 spiro atoms. The summed E-state index contributed by atoms with van der Waals surface area (Å²) >= 11 is 0. The Morgan fingerprint density at radius 3 is 2.73 bits per heavy atom. The summed E-state index contributed by atoms with van der Waals surface area (Å²) in [5.41, 5.74) is 1.83. The molecule has 0 amide bonds.